The van der Waals surface area contributed by atoms with Crippen molar-refractivity contribution < 1.29 is 9.53 Å². The number of thiazole rings is 1. The maximum atomic E-state index is 12.6. The standard InChI is InChI=1S/C17H22N2O2S/c1-3-8-19(9-4-2)17(20)14-6-5-7-16(10-14)21-11-15-12-22-13-18-15/h5-7,10,12-13H,3-4,8-9,11H2,1-2H3. The van der Waals surface area contributed by atoms with Gasteiger partial charge in [0.15, 0.2) is 0 Å². The van der Waals surface area contributed by atoms with Gasteiger partial charge in [0.2, 0.25) is 0 Å². The largest absolute Gasteiger partial charge is 0.487 e. The first-order valence-electron chi connectivity index (χ1n) is 7.63. The molecule has 118 valence electrons. The van der Waals surface area contributed by atoms with Gasteiger partial charge in [-0.15, -0.1) is 11.3 Å². The van der Waals surface area contributed by atoms with Crippen LogP contribution in [0.4, 0.5) is 0 Å². The van der Waals surface area contributed by atoms with Gasteiger partial charge in [0, 0.05) is 24.0 Å². The van der Waals surface area contributed by atoms with Gasteiger partial charge in [-0.1, -0.05) is 19.9 Å². The molecule has 1 heterocycles. The van der Waals surface area contributed by atoms with Crippen LogP contribution in [0.1, 0.15) is 42.7 Å². The second-order valence-corrected chi connectivity index (χ2v) is 5.81. The fraction of sp³-hybridized carbons (Fsp3) is 0.412. The minimum atomic E-state index is 0.0720. The molecule has 0 unspecified atom stereocenters. The van der Waals surface area contributed by atoms with Gasteiger partial charge in [-0.2, -0.15) is 0 Å². The van der Waals surface area contributed by atoms with Crippen LogP contribution in [0.15, 0.2) is 35.2 Å². The molecular weight excluding hydrogens is 296 g/mol. The number of carbonyl (C=O) groups is 1. The summed E-state index contributed by atoms with van der Waals surface area (Å²) in [6, 6.07) is 7.39. The summed E-state index contributed by atoms with van der Waals surface area (Å²) in [6.45, 7) is 6.18. The zero-order valence-electron chi connectivity index (χ0n) is 13.1. The third-order valence-corrected chi connectivity index (χ3v) is 3.86. The van der Waals surface area contributed by atoms with Crippen LogP contribution in [0.3, 0.4) is 0 Å². The molecule has 1 amide bonds. The molecule has 0 saturated carbocycles. The van der Waals surface area contributed by atoms with E-state index in [9.17, 15) is 4.79 Å². The number of carbonyl (C=O) groups excluding carboxylic acids is 1. The molecule has 1 aromatic carbocycles. The zero-order valence-corrected chi connectivity index (χ0v) is 13.9. The van der Waals surface area contributed by atoms with E-state index in [2.05, 4.69) is 18.8 Å². The van der Waals surface area contributed by atoms with Crippen molar-refractivity contribution in [3.63, 3.8) is 0 Å². The Kier molecular flexibility index (Phi) is 6.40. The van der Waals surface area contributed by atoms with E-state index in [-0.39, 0.29) is 5.91 Å². The first-order valence-corrected chi connectivity index (χ1v) is 8.58. The van der Waals surface area contributed by atoms with Crippen LogP contribution in [0.2, 0.25) is 0 Å². The van der Waals surface area contributed by atoms with Crippen molar-refractivity contribution in [3.05, 3.63) is 46.4 Å². The van der Waals surface area contributed by atoms with Crippen molar-refractivity contribution in [3.8, 4) is 5.75 Å². The van der Waals surface area contributed by atoms with Gasteiger partial charge < -0.3 is 9.64 Å². The van der Waals surface area contributed by atoms with Crippen LogP contribution in [-0.4, -0.2) is 28.9 Å². The number of hydrogen-bond donors (Lipinski definition) is 0. The van der Waals surface area contributed by atoms with Crippen molar-refractivity contribution in [2.75, 3.05) is 13.1 Å². The van der Waals surface area contributed by atoms with E-state index in [4.69, 9.17) is 4.74 Å². The highest BCUT2D eigenvalue weighted by molar-refractivity contribution is 7.07. The van der Waals surface area contributed by atoms with Crippen molar-refractivity contribution in [1.29, 1.82) is 0 Å². The summed E-state index contributed by atoms with van der Waals surface area (Å²) in [5.74, 6) is 0.773. The van der Waals surface area contributed by atoms with Gasteiger partial charge in [0.25, 0.3) is 5.91 Å². The molecule has 22 heavy (non-hydrogen) atoms. The highest BCUT2D eigenvalue weighted by Gasteiger charge is 2.14. The van der Waals surface area contributed by atoms with Crippen LogP contribution >= 0.6 is 11.3 Å². The quantitative estimate of drug-likeness (QED) is 0.739. The maximum Gasteiger partial charge on any atom is 0.253 e. The number of benzene rings is 1. The smallest absolute Gasteiger partial charge is 0.253 e. The molecule has 2 aromatic rings. The van der Waals surface area contributed by atoms with E-state index >= 15 is 0 Å². The number of rotatable bonds is 8. The Bertz CT molecular complexity index is 578. The monoisotopic (exact) mass is 318 g/mol. The van der Waals surface area contributed by atoms with Crippen LogP contribution in [0, 0.1) is 0 Å². The second kappa shape index (κ2) is 8.54. The molecule has 2 rings (SSSR count). The number of hydrogen-bond acceptors (Lipinski definition) is 4. The maximum absolute atomic E-state index is 12.6. The van der Waals surface area contributed by atoms with E-state index in [0.29, 0.717) is 17.9 Å². The first kappa shape index (κ1) is 16.5. The predicted octanol–water partition coefficient (Wildman–Crippen LogP) is 3.98. The Morgan fingerprint density at radius 1 is 1.27 bits per heavy atom. The molecule has 0 aliphatic rings. The van der Waals surface area contributed by atoms with Crippen LogP contribution in [0.5, 0.6) is 5.75 Å². The lowest BCUT2D eigenvalue weighted by atomic mass is 10.1. The summed E-state index contributed by atoms with van der Waals surface area (Å²) in [4.78, 5) is 18.7. The molecule has 1 aromatic heterocycles. The SMILES string of the molecule is CCCN(CCC)C(=O)c1cccc(OCc2cscn2)c1. The minimum Gasteiger partial charge on any atom is -0.487 e. The molecule has 0 spiro atoms. The van der Waals surface area contributed by atoms with Crippen molar-refractivity contribution in [2.45, 2.75) is 33.3 Å². The average molecular weight is 318 g/mol. The number of aromatic nitrogens is 1. The lowest BCUT2D eigenvalue weighted by Crippen LogP contribution is -2.32. The molecular formula is C17H22N2O2S. The summed E-state index contributed by atoms with van der Waals surface area (Å²) in [5.41, 5.74) is 3.37. The fourth-order valence-corrected chi connectivity index (χ4v) is 2.77. The van der Waals surface area contributed by atoms with Crippen LogP contribution in [0.25, 0.3) is 0 Å². The lowest BCUT2D eigenvalue weighted by molar-refractivity contribution is 0.0755. The van der Waals surface area contributed by atoms with E-state index < -0.39 is 0 Å². The third-order valence-electron chi connectivity index (χ3n) is 3.23. The molecule has 0 saturated heterocycles. The highest BCUT2D eigenvalue weighted by Crippen LogP contribution is 2.17. The predicted molar refractivity (Wildman–Crippen MR) is 89.4 cm³/mol. The van der Waals surface area contributed by atoms with Gasteiger partial charge >= 0.3 is 0 Å². The summed E-state index contributed by atoms with van der Waals surface area (Å²) in [7, 11) is 0. The van der Waals surface area contributed by atoms with Gasteiger partial charge in [0.05, 0.1) is 11.2 Å². The van der Waals surface area contributed by atoms with E-state index in [1.54, 1.807) is 16.8 Å². The molecule has 0 N–H and O–H groups in total. The number of nitrogens with zero attached hydrogens (tertiary/aromatic N) is 2. The Morgan fingerprint density at radius 3 is 2.68 bits per heavy atom. The molecule has 0 atom stereocenters. The molecule has 0 fully saturated rings. The van der Waals surface area contributed by atoms with E-state index in [1.807, 2.05) is 34.5 Å². The third kappa shape index (κ3) is 4.56. The van der Waals surface area contributed by atoms with Gasteiger partial charge in [0.1, 0.15) is 12.4 Å². The first-order chi connectivity index (χ1) is 10.7. The van der Waals surface area contributed by atoms with E-state index in [0.717, 1.165) is 31.6 Å². The molecule has 0 radical (unpaired) electrons. The Hall–Kier alpha value is -1.88. The minimum absolute atomic E-state index is 0.0720. The van der Waals surface area contributed by atoms with Crippen LogP contribution < -0.4 is 4.74 Å². The van der Waals surface area contributed by atoms with Crippen LogP contribution in [-0.2, 0) is 6.61 Å². The van der Waals surface area contributed by atoms with Gasteiger partial charge in [-0.25, -0.2) is 4.98 Å². The van der Waals surface area contributed by atoms with Crippen molar-refractivity contribution in [2.24, 2.45) is 0 Å². The Balaban J connectivity index is 2.04. The van der Waals surface area contributed by atoms with Crippen molar-refractivity contribution >= 4 is 17.2 Å². The lowest BCUT2D eigenvalue weighted by Gasteiger charge is -2.21. The van der Waals surface area contributed by atoms with Gasteiger partial charge in [-0.05, 0) is 31.0 Å². The van der Waals surface area contributed by atoms with Gasteiger partial charge in [-0.3, -0.25) is 4.79 Å². The molecule has 0 bridgehead atoms. The number of amides is 1. The van der Waals surface area contributed by atoms with E-state index in [1.165, 1.54) is 0 Å². The number of ether oxygens (including phenoxy) is 1. The second-order valence-electron chi connectivity index (χ2n) is 5.09. The summed E-state index contributed by atoms with van der Waals surface area (Å²) in [5, 5.41) is 1.96. The Morgan fingerprint density at radius 2 is 2.05 bits per heavy atom. The zero-order chi connectivity index (χ0) is 15.8. The summed E-state index contributed by atoms with van der Waals surface area (Å²) < 4.78 is 5.71. The topological polar surface area (TPSA) is 42.4 Å². The normalized spacial score (nSPS) is 10.5. The highest BCUT2D eigenvalue weighted by atomic mass is 32.1. The summed E-state index contributed by atoms with van der Waals surface area (Å²) in [6.07, 6.45) is 1.93. The molecule has 4 nitrogen and oxygen atoms in total. The molecule has 0 aliphatic heterocycles. The average Bonchev–Trinajstić information content (AvgIpc) is 3.06. The molecule has 5 heteroatoms. The van der Waals surface area contributed by atoms with Crippen molar-refractivity contribution in [1.82, 2.24) is 9.88 Å². The fourth-order valence-electron chi connectivity index (χ4n) is 2.22. The molecule has 0 aliphatic carbocycles. The Labute approximate surface area is 135 Å². The summed E-state index contributed by atoms with van der Waals surface area (Å²) >= 11 is 1.55.